The molecule has 2 aromatic heterocycles. The van der Waals surface area contributed by atoms with E-state index in [0.717, 1.165) is 23.7 Å². The Morgan fingerprint density at radius 1 is 1.39 bits per heavy atom. The number of hydrogen-bond acceptors (Lipinski definition) is 3. The van der Waals surface area contributed by atoms with E-state index in [1.165, 1.54) is 5.70 Å². The van der Waals surface area contributed by atoms with Crippen molar-refractivity contribution in [3.8, 4) is 0 Å². The number of rotatable bonds is 2. The molecule has 0 spiro atoms. The van der Waals surface area contributed by atoms with Gasteiger partial charge < -0.3 is 9.30 Å². The monoisotopic (exact) mass is 311 g/mol. The molecule has 0 aromatic carbocycles. The van der Waals surface area contributed by atoms with Crippen LogP contribution in [-0.4, -0.2) is 21.2 Å². The molecule has 1 aliphatic carbocycles. The number of amides is 1. The maximum atomic E-state index is 11.9. The van der Waals surface area contributed by atoms with Gasteiger partial charge in [0.05, 0.1) is 5.52 Å². The molecule has 1 aliphatic rings. The molecule has 0 fully saturated rings. The molecule has 23 heavy (non-hydrogen) atoms. The van der Waals surface area contributed by atoms with E-state index in [2.05, 4.69) is 33.1 Å². The summed E-state index contributed by atoms with van der Waals surface area (Å²) >= 11 is 0. The summed E-state index contributed by atoms with van der Waals surface area (Å²) in [5.74, 6) is 0.485. The predicted molar refractivity (Wildman–Crippen MR) is 92.2 cm³/mol. The number of carbonyl (C=O) groups is 1. The SMILES string of the molecule is CC(C)(C)OC(=O)Nc1cc2c(ccn2C2=CC=CCC2)cn1. The minimum atomic E-state index is -0.534. The molecule has 0 aliphatic heterocycles. The van der Waals surface area contributed by atoms with E-state index < -0.39 is 11.7 Å². The molecule has 1 amide bonds. The highest BCUT2D eigenvalue weighted by molar-refractivity contribution is 5.89. The summed E-state index contributed by atoms with van der Waals surface area (Å²) in [5, 5.41) is 3.73. The average Bonchev–Trinajstić information content (AvgIpc) is 2.89. The molecule has 5 nitrogen and oxygen atoms in total. The summed E-state index contributed by atoms with van der Waals surface area (Å²) in [4.78, 5) is 16.2. The molecule has 0 saturated carbocycles. The number of ether oxygens (including phenoxy) is 1. The van der Waals surface area contributed by atoms with Gasteiger partial charge >= 0.3 is 6.09 Å². The second-order valence-electron chi connectivity index (χ2n) is 6.57. The zero-order chi connectivity index (χ0) is 16.4. The van der Waals surface area contributed by atoms with Crippen LogP contribution >= 0.6 is 0 Å². The van der Waals surface area contributed by atoms with Crippen molar-refractivity contribution in [1.82, 2.24) is 9.55 Å². The van der Waals surface area contributed by atoms with E-state index in [4.69, 9.17) is 4.74 Å². The van der Waals surface area contributed by atoms with Crippen LogP contribution in [0.15, 0.2) is 42.8 Å². The lowest BCUT2D eigenvalue weighted by Crippen LogP contribution is -2.27. The first-order valence-corrected chi connectivity index (χ1v) is 7.75. The smallest absolute Gasteiger partial charge is 0.413 e. The Hall–Kier alpha value is -2.56. The molecule has 0 bridgehead atoms. The molecule has 3 rings (SSSR count). The molecule has 0 atom stereocenters. The third-order valence-electron chi connectivity index (χ3n) is 3.50. The average molecular weight is 311 g/mol. The van der Waals surface area contributed by atoms with Crippen LogP contribution in [0.5, 0.6) is 0 Å². The number of hydrogen-bond donors (Lipinski definition) is 1. The number of allylic oxidation sites excluding steroid dienone is 4. The molecule has 5 heteroatoms. The quantitative estimate of drug-likeness (QED) is 0.883. The second-order valence-corrected chi connectivity index (χ2v) is 6.57. The third kappa shape index (κ3) is 3.62. The number of nitrogens with one attached hydrogen (secondary N) is 1. The van der Waals surface area contributed by atoms with Crippen LogP contribution in [-0.2, 0) is 4.74 Å². The molecule has 1 N–H and O–H groups in total. The lowest BCUT2D eigenvalue weighted by molar-refractivity contribution is 0.0635. The summed E-state index contributed by atoms with van der Waals surface area (Å²) in [6.45, 7) is 5.49. The van der Waals surface area contributed by atoms with Gasteiger partial charge in [-0.3, -0.25) is 5.32 Å². The highest BCUT2D eigenvalue weighted by Crippen LogP contribution is 2.25. The standard InChI is InChI=1S/C18H21N3O2/c1-18(2,3)23-17(22)20-16-11-15-13(12-19-16)9-10-21(15)14-7-5-4-6-8-14/h4-5,7,9-12H,6,8H2,1-3H3,(H,19,20,22). The van der Waals surface area contributed by atoms with Gasteiger partial charge in [-0.1, -0.05) is 12.2 Å². The Bertz CT molecular complexity index is 794. The number of anilines is 1. The van der Waals surface area contributed by atoms with Crippen molar-refractivity contribution in [2.45, 2.75) is 39.2 Å². The zero-order valence-corrected chi connectivity index (χ0v) is 13.7. The van der Waals surface area contributed by atoms with E-state index in [9.17, 15) is 4.79 Å². The van der Waals surface area contributed by atoms with Gasteiger partial charge in [0.2, 0.25) is 0 Å². The fraction of sp³-hybridized carbons (Fsp3) is 0.333. The number of carbonyl (C=O) groups excluding carboxylic acids is 1. The second kappa shape index (κ2) is 5.91. The minimum Gasteiger partial charge on any atom is -0.444 e. The Balaban J connectivity index is 1.87. The Labute approximate surface area is 135 Å². The number of pyridine rings is 1. The number of aromatic nitrogens is 2. The summed E-state index contributed by atoms with van der Waals surface area (Å²) in [5.41, 5.74) is 1.72. The lowest BCUT2D eigenvalue weighted by atomic mass is 10.1. The van der Waals surface area contributed by atoms with Crippen LogP contribution in [0.2, 0.25) is 0 Å². The highest BCUT2D eigenvalue weighted by atomic mass is 16.6. The van der Waals surface area contributed by atoms with Gasteiger partial charge in [-0.15, -0.1) is 0 Å². The Morgan fingerprint density at radius 2 is 2.22 bits per heavy atom. The van der Waals surface area contributed by atoms with E-state index in [-0.39, 0.29) is 0 Å². The molecule has 0 radical (unpaired) electrons. The first-order valence-electron chi connectivity index (χ1n) is 7.75. The van der Waals surface area contributed by atoms with Gasteiger partial charge in [0.15, 0.2) is 0 Å². The zero-order valence-electron chi connectivity index (χ0n) is 13.7. The van der Waals surface area contributed by atoms with Crippen LogP contribution < -0.4 is 5.32 Å². The number of fused-ring (bicyclic) bond motifs is 1. The Kier molecular flexibility index (Phi) is 3.94. The summed E-state index contributed by atoms with van der Waals surface area (Å²) < 4.78 is 7.40. The molecule has 120 valence electrons. The molecule has 0 saturated heterocycles. The predicted octanol–water partition coefficient (Wildman–Crippen LogP) is 4.57. The van der Waals surface area contributed by atoms with Gasteiger partial charge in [0.1, 0.15) is 11.4 Å². The molecule has 2 aromatic rings. The molecular weight excluding hydrogens is 290 g/mol. The topological polar surface area (TPSA) is 56.1 Å². The molecule has 0 unspecified atom stereocenters. The van der Waals surface area contributed by atoms with Crippen LogP contribution in [0.3, 0.4) is 0 Å². The van der Waals surface area contributed by atoms with Crippen molar-refractivity contribution in [2.75, 3.05) is 5.32 Å². The van der Waals surface area contributed by atoms with E-state index in [1.54, 1.807) is 6.20 Å². The highest BCUT2D eigenvalue weighted by Gasteiger charge is 2.17. The lowest BCUT2D eigenvalue weighted by Gasteiger charge is -2.19. The van der Waals surface area contributed by atoms with E-state index in [0.29, 0.717) is 5.82 Å². The summed E-state index contributed by atoms with van der Waals surface area (Å²) in [7, 11) is 0. The fourth-order valence-corrected chi connectivity index (χ4v) is 2.55. The fourth-order valence-electron chi connectivity index (χ4n) is 2.55. The van der Waals surface area contributed by atoms with Crippen molar-refractivity contribution >= 4 is 28.5 Å². The molecular formula is C18H21N3O2. The largest absolute Gasteiger partial charge is 0.444 e. The van der Waals surface area contributed by atoms with Crippen molar-refractivity contribution in [3.63, 3.8) is 0 Å². The van der Waals surface area contributed by atoms with Gasteiger partial charge in [-0.25, -0.2) is 9.78 Å². The third-order valence-corrected chi connectivity index (χ3v) is 3.50. The van der Waals surface area contributed by atoms with Crippen molar-refractivity contribution < 1.29 is 9.53 Å². The van der Waals surface area contributed by atoms with Crippen LogP contribution in [0, 0.1) is 0 Å². The maximum Gasteiger partial charge on any atom is 0.413 e. The van der Waals surface area contributed by atoms with Gasteiger partial charge in [0, 0.05) is 29.5 Å². The van der Waals surface area contributed by atoms with Gasteiger partial charge in [-0.2, -0.15) is 0 Å². The normalized spacial score (nSPS) is 14.7. The summed E-state index contributed by atoms with van der Waals surface area (Å²) in [6.07, 6.45) is 11.7. The van der Waals surface area contributed by atoms with Gasteiger partial charge in [-0.05, 0) is 45.8 Å². The van der Waals surface area contributed by atoms with Crippen LogP contribution in [0.4, 0.5) is 10.6 Å². The number of nitrogens with zero attached hydrogens (tertiary/aromatic N) is 2. The molecule has 2 heterocycles. The van der Waals surface area contributed by atoms with E-state index in [1.807, 2.05) is 39.1 Å². The Morgan fingerprint density at radius 3 is 2.91 bits per heavy atom. The first kappa shape index (κ1) is 15.3. The van der Waals surface area contributed by atoms with Crippen molar-refractivity contribution in [3.05, 3.63) is 42.8 Å². The van der Waals surface area contributed by atoms with Crippen LogP contribution in [0.25, 0.3) is 16.6 Å². The van der Waals surface area contributed by atoms with Gasteiger partial charge in [0.25, 0.3) is 0 Å². The van der Waals surface area contributed by atoms with E-state index >= 15 is 0 Å². The maximum absolute atomic E-state index is 11.9. The minimum absolute atomic E-state index is 0.485. The van der Waals surface area contributed by atoms with Crippen molar-refractivity contribution in [1.29, 1.82) is 0 Å². The first-order chi connectivity index (χ1) is 10.9. The van der Waals surface area contributed by atoms with Crippen molar-refractivity contribution in [2.24, 2.45) is 0 Å². The summed E-state index contributed by atoms with van der Waals surface area (Å²) in [6, 6.07) is 3.90. The van der Waals surface area contributed by atoms with Crippen LogP contribution in [0.1, 0.15) is 33.6 Å².